The van der Waals surface area contributed by atoms with Gasteiger partial charge in [0.15, 0.2) is 0 Å². The summed E-state index contributed by atoms with van der Waals surface area (Å²) >= 11 is 0. The zero-order valence-electron chi connectivity index (χ0n) is 10.6. The van der Waals surface area contributed by atoms with Crippen molar-refractivity contribution in [2.24, 2.45) is 0 Å². The maximum absolute atomic E-state index is 4.16. The van der Waals surface area contributed by atoms with Crippen LogP contribution >= 0.6 is 0 Å². The number of nitrogens with one attached hydrogen (secondary N) is 1. The van der Waals surface area contributed by atoms with E-state index in [2.05, 4.69) is 28.9 Å². The van der Waals surface area contributed by atoms with Crippen LogP contribution in [-0.4, -0.2) is 40.9 Å². The second-order valence-corrected chi connectivity index (χ2v) is 4.77. The number of nitrogens with zero attached hydrogens (tertiary/aromatic N) is 3. The zero-order chi connectivity index (χ0) is 12.1. The lowest BCUT2D eigenvalue weighted by molar-refractivity contribution is 0.181. The molecule has 1 aliphatic rings. The fraction of sp³-hybridized carbons (Fsp3) is 0.615. The molecule has 1 fully saturated rings. The van der Waals surface area contributed by atoms with Crippen molar-refractivity contribution in [3.05, 3.63) is 24.5 Å². The highest BCUT2D eigenvalue weighted by Crippen LogP contribution is 2.14. The summed E-state index contributed by atoms with van der Waals surface area (Å²) in [7, 11) is 2.22. The smallest absolute Gasteiger partial charge is 0.0538 e. The van der Waals surface area contributed by atoms with Gasteiger partial charge in [-0.15, -0.1) is 0 Å². The Morgan fingerprint density at radius 1 is 1.59 bits per heavy atom. The lowest BCUT2D eigenvalue weighted by Gasteiger charge is -2.32. The van der Waals surface area contributed by atoms with Crippen LogP contribution in [0.1, 0.15) is 24.8 Å². The van der Waals surface area contributed by atoms with Crippen molar-refractivity contribution in [3.63, 3.8) is 0 Å². The summed E-state index contributed by atoms with van der Waals surface area (Å²) in [5, 5.41) is 7.67. The molecule has 1 aliphatic heterocycles. The Hall–Kier alpha value is -1.13. The van der Waals surface area contributed by atoms with Gasteiger partial charge in [0.1, 0.15) is 0 Å². The van der Waals surface area contributed by atoms with E-state index in [9.17, 15) is 0 Å². The number of likely N-dealkylation sites (N-methyl/N-ethyl adjacent to an activating group) is 1. The van der Waals surface area contributed by atoms with E-state index in [0.717, 1.165) is 13.1 Å². The van der Waals surface area contributed by atoms with E-state index in [4.69, 9.17) is 0 Å². The van der Waals surface area contributed by atoms with Gasteiger partial charge < -0.3 is 10.2 Å². The lowest BCUT2D eigenvalue weighted by Crippen LogP contribution is -2.42. The summed E-state index contributed by atoms with van der Waals surface area (Å²) in [6.45, 7) is 6.87. The van der Waals surface area contributed by atoms with E-state index in [1.54, 1.807) is 10.9 Å². The third kappa shape index (κ3) is 3.41. The van der Waals surface area contributed by atoms with Crippen LogP contribution in [0.25, 0.3) is 6.20 Å². The second kappa shape index (κ2) is 5.98. The first-order valence-electron chi connectivity index (χ1n) is 6.36. The minimum Gasteiger partial charge on any atom is -0.311 e. The molecule has 0 bridgehead atoms. The topological polar surface area (TPSA) is 33.1 Å². The minimum atomic E-state index is 0.693. The number of rotatable bonds is 5. The van der Waals surface area contributed by atoms with Crippen molar-refractivity contribution in [3.8, 4) is 0 Å². The molecule has 1 atom stereocenters. The first-order valence-corrected chi connectivity index (χ1v) is 6.36. The number of hydrogen-bond donors (Lipinski definition) is 1. The molecular formula is C13H22N4. The molecule has 0 spiro atoms. The standard InChI is InChI=1S/C13H22N4/c1-3-17-11-12(9-15-17)8-14-10-13-6-4-5-7-16(13)2/h3,9,11,13-14H,1,4-8,10H2,2H3. The van der Waals surface area contributed by atoms with Gasteiger partial charge in [0, 0.05) is 37.1 Å². The molecule has 2 rings (SSSR count). The monoisotopic (exact) mass is 234 g/mol. The average molecular weight is 234 g/mol. The molecule has 1 saturated heterocycles. The minimum absolute atomic E-state index is 0.693. The van der Waals surface area contributed by atoms with Crippen LogP contribution in [-0.2, 0) is 6.54 Å². The molecule has 1 aromatic rings. The van der Waals surface area contributed by atoms with Gasteiger partial charge >= 0.3 is 0 Å². The van der Waals surface area contributed by atoms with Gasteiger partial charge in [-0.1, -0.05) is 13.0 Å². The van der Waals surface area contributed by atoms with Crippen LogP contribution in [0.3, 0.4) is 0 Å². The molecule has 4 heteroatoms. The summed E-state index contributed by atoms with van der Waals surface area (Å²) in [4.78, 5) is 2.46. The van der Waals surface area contributed by atoms with E-state index in [1.165, 1.54) is 31.4 Å². The summed E-state index contributed by atoms with van der Waals surface area (Å²) in [6.07, 6.45) is 9.63. The van der Waals surface area contributed by atoms with Crippen LogP contribution in [0.2, 0.25) is 0 Å². The van der Waals surface area contributed by atoms with Crippen molar-refractivity contribution in [2.75, 3.05) is 20.1 Å². The van der Waals surface area contributed by atoms with Gasteiger partial charge in [0.2, 0.25) is 0 Å². The Labute approximate surface area is 103 Å². The lowest BCUT2D eigenvalue weighted by atomic mass is 10.0. The summed E-state index contributed by atoms with van der Waals surface area (Å²) in [5.41, 5.74) is 1.21. The van der Waals surface area contributed by atoms with Crippen LogP contribution in [0.5, 0.6) is 0 Å². The molecule has 0 radical (unpaired) electrons. The largest absolute Gasteiger partial charge is 0.311 e. The van der Waals surface area contributed by atoms with Crippen LogP contribution in [0.15, 0.2) is 19.0 Å². The van der Waals surface area contributed by atoms with E-state index < -0.39 is 0 Å². The molecule has 94 valence electrons. The number of piperidine rings is 1. The van der Waals surface area contributed by atoms with Gasteiger partial charge in [-0.2, -0.15) is 5.10 Å². The van der Waals surface area contributed by atoms with Gasteiger partial charge in [-0.25, -0.2) is 4.68 Å². The molecule has 0 amide bonds. The Bertz CT molecular complexity index is 358. The Kier molecular flexibility index (Phi) is 4.34. The molecule has 2 heterocycles. The van der Waals surface area contributed by atoms with Crippen molar-refractivity contribution in [1.29, 1.82) is 0 Å². The average Bonchev–Trinajstić information content (AvgIpc) is 2.80. The predicted molar refractivity (Wildman–Crippen MR) is 70.6 cm³/mol. The predicted octanol–water partition coefficient (Wildman–Crippen LogP) is 1.56. The molecular weight excluding hydrogens is 212 g/mol. The normalized spacial score (nSPS) is 21.6. The highest BCUT2D eigenvalue weighted by Gasteiger charge is 2.17. The van der Waals surface area contributed by atoms with Gasteiger partial charge in [-0.3, -0.25) is 0 Å². The molecule has 1 N–H and O–H groups in total. The second-order valence-electron chi connectivity index (χ2n) is 4.77. The number of aromatic nitrogens is 2. The van der Waals surface area contributed by atoms with Gasteiger partial charge in [-0.05, 0) is 26.4 Å². The zero-order valence-corrected chi connectivity index (χ0v) is 10.6. The maximum atomic E-state index is 4.16. The van der Waals surface area contributed by atoms with Crippen molar-refractivity contribution < 1.29 is 0 Å². The molecule has 4 nitrogen and oxygen atoms in total. The third-order valence-electron chi connectivity index (χ3n) is 3.47. The van der Waals surface area contributed by atoms with Crippen molar-refractivity contribution in [2.45, 2.75) is 31.8 Å². The summed E-state index contributed by atoms with van der Waals surface area (Å²) in [5.74, 6) is 0. The SMILES string of the molecule is C=Cn1cc(CNCC2CCCCN2C)cn1. The van der Waals surface area contributed by atoms with Gasteiger partial charge in [0.05, 0.1) is 6.20 Å². The molecule has 1 aromatic heterocycles. The van der Waals surface area contributed by atoms with E-state index >= 15 is 0 Å². The highest BCUT2D eigenvalue weighted by molar-refractivity contribution is 5.17. The third-order valence-corrected chi connectivity index (χ3v) is 3.47. The summed E-state index contributed by atoms with van der Waals surface area (Å²) < 4.78 is 1.74. The Morgan fingerprint density at radius 3 is 3.18 bits per heavy atom. The van der Waals surface area contributed by atoms with E-state index in [1.807, 2.05) is 12.4 Å². The fourth-order valence-electron chi connectivity index (χ4n) is 2.35. The van der Waals surface area contributed by atoms with Crippen LogP contribution < -0.4 is 5.32 Å². The van der Waals surface area contributed by atoms with E-state index in [0.29, 0.717) is 6.04 Å². The van der Waals surface area contributed by atoms with E-state index in [-0.39, 0.29) is 0 Å². The van der Waals surface area contributed by atoms with Crippen molar-refractivity contribution >= 4 is 6.20 Å². The molecule has 0 aromatic carbocycles. The first-order chi connectivity index (χ1) is 8.29. The number of likely N-dealkylation sites (tertiary alicyclic amines) is 1. The molecule has 17 heavy (non-hydrogen) atoms. The highest BCUT2D eigenvalue weighted by atomic mass is 15.2. The molecule has 1 unspecified atom stereocenters. The summed E-state index contributed by atoms with van der Waals surface area (Å²) in [6, 6.07) is 0.693. The van der Waals surface area contributed by atoms with Crippen molar-refractivity contribution in [1.82, 2.24) is 20.0 Å². The van der Waals surface area contributed by atoms with Gasteiger partial charge in [0.25, 0.3) is 0 Å². The Morgan fingerprint density at radius 2 is 2.47 bits per heavy atom. The molecule has 0 aliphatic carbocycles. The van der Waals surface area contributed by atoms with Crippen LogP contribution in [0, 0.1) is 0 Å². The first kappa shape index (κ1) is 12.3. The maximum Gasteiger partial charge on any atom is 0.0538 e. The molecule has 0 saturated carbocycles. The fourth-order valence-corrected chi connectivity index (χ4v) is 2.35. The quantitative estimate of drug-likeness (QED) is 0.839. The van der Waals surface area contributed by atoms with Crippen LogP contribution in [0.4, 0.5) is 0 Å². The Balaban J connectivity index is 1.73. The number of hydrogen-bond acceptors (Lipinski definition) is 3.